The SMILES string of the molecule is Cc1onc(-c2ccccc2)c1C(=O)N1CCN(C(c2ccccc2)c2ccccc2)CC1. The molecule has 0 radical (unpaired) electrons. The number of aromatic nitrogens is 1. The molecule has 1 amide bonds. The lowest BCUT2D eigenvalue weighted by Crippen LogP contribution is -2.50. The fourth-order valence-electron chi connectivity index (χ4n) is 4.64. The van der Waals surface area contributed by atoms with E-state index in [0.717, 1.165) is 18.7 Å². The summed E-state index contributed by atoms with van der Waals surface area (Å²) in [5.74, 6) is 0.552. The molecule has 0 atom stereocenters. The van der Waals surface area contributed by atoms with E-state index in [4.69, 9.17) is 4.52 Å². The number of benzene rings is 3. The van der Waals surface area contributed by atoms with Gasteiger partial charge in [0.05, 0.1) is 6.04 Å². The Bertz CT molecular complexity index is 1160. The minimum absolute atomic E-state index is 0.0109. The Kier molecular flexibility index (Phi) is 6.05. The molecule has 1 saturated heterocycles. The number of carbonyl (C=O) groups is 1. The summed E-state index contributed by atoms with van der Waals surface area (Å²) in [6, 6.07) is 31.1. The van der Waals surface area contributed by atoms with Gasteiger partial charge in [0.25, 0.3) is 5.91 Å². The molecule has 3 aromatic carbocycles. The molecule has 4 aromatic rings. The van der Waals surface area contributed by atoms with Crippen LogP contribution in [-0.4, -0.2) is 47.0 Å². The Hall–Kier alpha value is -3.70. The molecule has 0 unspecified atom stereocenters. The third-order valence-electron chi connectivity index (χ3n) is 6.32. The van der Waals surface area contributed by atoms with Crippen molar-refractivity contribution in [2.45, 2.75) is 13.0 Å². The van der Waals surface area contributed by atoms with Gasteiger partial charge in [-0.15, -0.1) is 0 Å². The number of aryl methyl sites for hydroxylation is 1. The molecule has 0 spiro atoms. The highest BCUT2D eigenvalue weighted by Gasteiger charge is 2.31. The predicted octanol–water partition coefficient (Wildman–Crippen LogP) is 5.20. The largest absolute Gasteiger partial charge is 0.360 e. The van der Waals surface area contributed by atoms with Crippen LogP contribution < -0.4 is 0 Å². The van der Waals surface area contributed by atoms with Crippen LogP contribution >= 0.6 is 0 Å². The summed E-state index contributed by atoms with van der Waals surface area (Å²) < 4.78 is 5.43. The highest BCUT2D eigenvalue weighted by molar-refractivity contribution is 6.00. The van der Waals surface area contributed by atoms with E-state index in [9.17, 15) is 4.79 Å². The molecule has 1 aliphatic rings. The number of hydrogen-bond donors (Lipinski definition) is 0. The van der Waals surface area contributed by atoms with Crippen LogP contribution in [-0.2, 0) is 0 Å². The fraction of sp³-hybridized carbons (Fsp3) is 0.214. The number of carbonyl (C=O) groups excluding carboxylic acids is 1. The van der Waals surface area contributed by atoms with E-state index >= 15 is 0 Å². The van der Waals surface area contributed by atoms with Crippen LogP contribution in [0, 0.1) is 6.92 Å². The highest BCUT2D eigenvalue weighted by atomic mass is 16.5. The lowest BCUT2D eigenvalue weighted by atomic mass is 9.96. The maximum atomic E-state index is 13.5. The zero-order valence-corrected chi connectivity index (χ0v) is 18.7. The van der Waals surface area contributed by atoms with Gasteiger partial charge in [-0.2, -0.15) is 0 Å². The molecule has 0 aliphatic carbocycles. The smallest absolute Gasteiger partial charge is 0.259 e. The third kappa shape index (κ3) is 4.32. The minimum atomic E-state index is -0.0109. The Balaban J connectivity index is 1.36. The Morgan fingerprint density at radius 1 is 0.788 bits per heavy atom. The van der Waals surface area contributed by atoms with Crippen molar-refractivity contribution in [3.05, 3.63) is 113 Å². The van der Waals surface area contributed by atoms with Crippen LogP contribution in [0.1, 0.15) is 33.3 Å². The van der Waals surface area contributed by atoms with Crippen molar-refractivity contribution in [2.24, 2.45) is 0 Å². The van der Waals surface area contributed by atoms with E-state index in [1.807, 2.05) is 54.3 Å². The van der Waals surface area contributed by atoms with E-state index in [1.54, 1.807) is 0 Å². The van der Waals surface area contributed by atoms with E-state index < -0.39 is 0 Å². The monoisotopic (exact) mass is 437 g/mol. The second-order valence-electron chi connectivity index (χ2n) is 8.38. The van der Waals surface area contributed by atoms with E-state index in [1.165, 1.54) is 11.1 Å². The molecule has 33 heavy (non-hydrogen) atoms. The first-order valence-corrected chi connectivity index (χ1v) is 11.4. The molecule has 0 saturated carbocycles. The molecule has 1 fully saturated rings. The summed E-state index contributed by atoms with van der Waals surface area (Å²) in [6.45, 7) is 4.72. The topological polar surface area (TPSA) is 49.6 Å². The summed E-state index contributed by atoms with van der Waals surface area (Å²) in [7, 11) is 0. The molecule has 2 heterocycles. The van der Waals surface area contributed by atoms with Crippen LogP contribution in [0.15, 0.2) is 95.5 Å². The molecule has 5 nitrogen and oxygen atoms in total. The maximum absolute atomic E-state index is 13.5. The summed E-state index contributed by atoms with van der Waals surface area (Å²) in [6.07, 6.45) is 0. The van der Waals surface area contributed by atoms with Gasteiger partial charge in [0.1, 0.15) is 17.0 Å². The Morgan fingerprint density at radius 2 is 1.30 bits per heavy atom. The molecule has 1 aromatic heterocycles. The summed E-state index contributed by atoms with van der Waals surface area (Å²) in [5, 5.41) is 4.19. The van der Waals surface area contributed by atoms with Crippen molar-refractivity contribution in [1.82, 2.24) is 15.0 Å². The lowest BCUT2D eigenvalue weighted by Gasteiger charge is -2.39. The van der Waals surface area contributed by atoms with Crippen molar-refractivity contribution in [2.75, 3.05) is 26.2 Å². The average molecular weight is 438 g/mol. The first kappa shape index (κ1) is 21.2. The molecule has 5 rings (SSSR count). The van der Waals surface area contributed by atoms with Crippen LogP contribution in [0.25, 0.3) is 11.3 Å². The number of piperazine rings is 1. The summed E-state index contributed by atoms with van der Waals surface area (Å²) >= 11 is 0. The van der Waals surface area contributed by atoms with Crippen LogP contribution in [0.3, 0.4) is 0 Å². The van der Waals surface area contributed by atoms with Gasteiger partial charge in [-0.1, -0.05) is 96.2 Å². The number of amides is 1. The highest BCUT2D eigenvalue weighted by Crippen LogP contribution is 2.31. The second-order valence-corrected chi connectivity index (χ2v) is 8.38. The molecule has 0 bridgehead atoms. The molecular formula is C28H27N3O2. The lowest BCUT2D eigenvalue weighted by molar-refractivity contribution is 0.0596. The van der Waals surface area contributed by atoms with Gasteiger partial charge in [0.15, 0.2) is 0 Å². The van der Waals surface area contributed by atoms with Crippen molar-refractivity contribution in [1.29, 1.82) is 0 Å². The number of rotatable bonds is 5. The summed E-state index contributed by atoms with van der Waals surface area (Å²) in [4.78, 5) is 17.9. The number of hydrogen-bond acceptors (Lipinski definition) is 4. The predicted molar refractivity (Wildman–Crippen MR) is 129 cm³/mol. The third-order valence-corrected chi connectivity index (χ3v) is 6.32. The first-order valence-electron chi connectivity index (χ1n) is 11.4. The van der Waals surface area contributed by atoms with Crippen molar-refractivity contribution >= 4 is 5.91 Å². The van der Waals surface area contributed by atoms with Gasteiger partial charge in [-0.3, -0.25) is 9.69 Å². The van der Waals surface area contributed by atoms with Gasteiger partial charge in [0, 0.05) is 31.7 Å². The normalized spacial score (nSPS) is 14.5. The average Bonchev–Trinajstić information content (AvgIpc) is 3.27. The quantitative estimate of drug-likeness (QED) is 0.431. The first-order chi connectivity index (χ1) is 16.2. The van der Waals surface area contributed by atoms with Crippen molar-refractivity contribution in [3.63, 3.8) is 0 Å². The van der Waals surface area contributed by atoms with Gasteiger partial charge in [-0.05, 0) is 18.1 Å². The molecule has 0 N–H and O–H groups in total. The van der Waals surface area contributed by atoms with Crippen LogP contribution in [0.5, 0.6) is 0 Å². The zero-order chi connectivity index (χ0) is 22.6. The van der Waals surface area contributed by atoms with Gasteiger partial charge in [0.2, 0.25) is 0 Å². The summed E-state index contributed by atoms with van der Waals surface area (Å²) in [5.41, 5.74) is 4.61. The van der Waals surface area contributed by atoms with Gasteiger partial charge in [-0.25, -0.2) is 0 Å². The van der Waals surface area contributed by atoms with E-state index in [0.29, 0.717) is 30.1 Å². The second kappa shape index (κ2) is 9.43. The maximum Gasteiger partial charge on any atom is 0.259 e. The van der Waals surface area contributed by atoms with Crippen molar-refractivity contribution < 1.29 is 9.32 Å². The number of nitrogens with zero attached hydrogens (tertiary/aromatic N) is 3. The molecule has 5 heteroatoms. The standard InChI is InChI=1S/C28H27N3O2/c1-21-25(26(29-33-21)22-11-5-2-6-12-22)28(32)31-19-17-30(18-20-31)27(23-13-7-3-8-14-23)24-15-9-4-10-16-24/h2-16,27H,17-20H2,1H3. The molecule has 166 valence electrons. The minimum Gasteiger partial charge on any atom is -0.360 e. The fourth-order valence-corrected chi connectivity index (χ4v) is 4.64. The Labute approximate surface area is 194 Å². The zero-order valence-electron chi connectivity index (χ0n) is 18.7. The molecular weight excluding hydrogens is 410 g/mol. The van der Waals surface area contributed by atoms with E-state index in [2.05, 4.69) is 58.6 Å². The van der Waals surface area contributed by atoms with Crippen molar-refractivity contribution in [3.8, 4) is 11.3 Å². The Morgan fingerprint density at radius 3 is 1.85 bits per heavy atom. The van der Waals surface area contributed by atoms with Crippen LogP contribution in [0.2, 0.25) is 0 Å². The van der Waals surface area contributed by atoms with E-state index in [-0.39, 0.29) is 11.9 Å². The molecule has 1 aliphatic heterocycles. The van der Waals surface area contributed by atoms with Gasteiger partial charge >= 0.3 is 0 Å². The van der Waals surface area contributed by atoms with Crippen LogP contribution in [0.4, 0.5) is 0 Å². The van der Waals surface area contributed by atoms with Gasteiger partial charge < -0.3 is 9.42 Å².